The van der Waals surface area contributed by atoms with Gasteiger partial charge < -0.3 is 15.4 Å². The smallest absolute Gasteiger partial charge is 0.257 e. The quantitative estimate of drug-likeness (QED) is 0.587. The molecule has 2 aromatic carbocycles. The van der Waals surface area contributed by atoms with Crippen LogP contribution in [0.15, 0.2) is 53.0 Å². The van der Waals surface area contributed by atoms with Crippen LogP contribution in [0.25, 0.3) is 0 Å². The number of rotatable bonds is 8. The highest BCUT2D eigenvalue weighted by molar-refractivity contribution is 9.10. The molecule has 0 fully saturated rings. The van der Waals surface area contributed by atoms with Gasteiger partial charge >= 0.3 is 0 Å². The van der Waals surface area contributed by atoms with Gasteiger partial charge in [0.15, 0.2) is 5.11 Å². The number of carbonyl (C=O) groups is 2. The van der Waals surface area contributed by atoms with Gasteiger partial charge in [0.25, 0.3) is 5.91 Å². The summed E-state index contributed by atoms with van der Waals surface area (Å²) in [6, 6.07) is 14.9. The van der Waals surface area contributed by atoms with Crippen LogP contribution in [0, 0.1) is 0 Å². The lowest BCUT2D eigenvalue weighted by Crippen LogP contribution is -2.44. The molecule has 2 rings (SSSR count). The number of hydrogen-bond donors (Lipinski definition) is 2. The second kappa shape index (κ2) is 10.8. The molecular formula is C20H22BrN3O3S. The van der Waals surface area contributed by atoms with E-state index in [1.807, 2.05) is 30.3 Å². The molecule has 0 saturated heterocycles. The molecule has 148 valence electrons. The average Bonchev–Trinajstić information content (AvgIpc) is 2.68. The predicted molar refractivity (Wildman–Crippen MR) is 116 cm³/mol. The number of amides is 2. The van der Waals surface area contributed by atoms with Crippen LogP contribution in [0.5, 0.6) is 5.75 Å². The summed E-state index contributed by atoms with van der Waals surface area (Å²) in [7, 11) is 1.55. The fourth-order valence-electron chi connectivity index (χ4n) is 2.52. The normalized spacial score (nSPS) is 10.2. The minimum absolute atomic E-state index is 0.152. The van der Waals surface area contributed by atoms with Crippen LogP contribution in [-0.2, 0) is 11.2 Å². The summed E-state index contributed by atoms with van der Waals surface area (Å²) >= 11 is 8.77. The largest absolute Gasteiger partial charge is 0.496 e. The first-order valence-corrected chi connectivity index (χ1v) is 9.87. The number of nitrogens with two attached hydrogens (primary N) is 1. The lowest BCUT2D eigenvalue weighted by Gasteiger charge is -2.25. The molecule has 0 spiro atoms. The highest BCUT2D eigenvalue weighted by Gasteiger charge is 2.16. The molecule has 6 nitrogen and oxygen atoms in total. The topological polar surface area (TPSA) is 84.7 Å². The fourth-order valence-corrected chi connectivity index (χ4v) is 3.34. The second-order valence-corrected chi connectivity index (χ2v) is 7.29. The zero-order chi connectivity index (χ0) is 20.5. The Labute approximate surface area is 178 Å². The van der Waals surface area contributed by atoms with E-state index < -0.39 is 5.91 Å². The van der Waals surface area contributed by atoms with E-state index in [1.54, 1.807) is 30.2 Å². The third-order valence-electron chi connectivity index (χ3n) is 4.06. The minimum atomic E-state index is -0.419. The maximum atomic E-state index is 12.5. The van der Waals surface area contributed by atoms with Gasteiger partial charge in [-0.25, -0.2) is 0 Å². The molecule has 28 heavy (non-hydrogen) atoms. The molecule has 8 heteroatoms. The maximum Gasteiger partial charge on any atom is 0.257 e. The van der Waals surface area contributed by atoms with Crippen molar-refractivity contribution in [2.24, 2.45) is 5.73 Å². The first-order valence-electron chi connectivity index (χ1n) is 8.66. The van der Waals surface area contributed by atoms with E-state index in [0.717, 1.165) is 12.0 Å². The molecule has 0 saturated carbocycles. The van der Waals surface area contributed by atoms with E-state index in [4.69, 9.17) is 22.7 Å². The summed E-state index contributed by atoms with van der Waals surface area (Å²) in [6.07, 6.45) is 0.878. The van der Waals surface area contributed by atoms with Gasteiger partial charge in [-0.3, -0.25) is 14.9 Å². The molecule has 0 bridgehead atoms. The lowest BCUT2D eigenvalue weighted by atomic mass is 10.1. The third-order valence-corrected chi connectivity index (χ3v) is 5.04. The molecule has 0 aliphatic heterocycles. The van der Waals surface area contributed by atoms with Crippen molar-refractivity contribution in [1.29, 1.82) is 0 Å². The molecule has 0 unspecified atom stereocenters. The van der Waals surface area contributed by atoms with E-state index >= 15 is 0 Å². The number of ether oxygens (including phenoxy) is 1. The molecule has 2 aromatic rings. The van der Waals surface area contributed by atoms with E-state index in [-0.39, 0.29) is 17.4 Å². The Bertz CT molecular complexity index is 846. The monoisotopic (exact) mass is 463 g/mol. The summed E-state index contributed by atoms with van der Waals surface area (Å²) in [5, 5.41) is 2.98. The first-order chi connectivity index (χ1) is 13.4. The van der Waals surface area contributed by atoms with Gasteiger partial charge in [-0.2, -0.15) is 0 Å². The number of nitrogens with one attached hydrogen (secondary N) is 1. The Morgan fingerprint density at radius 3 is 2.50 bits per heavy atom. The fraction of sp³-hybridized carbons (Fsp3) is 0.250. The summed E-state index contributed by atoms with van der Waals surface area (Å²) in [4.78, 5) is 25.5. The molecule has 0 aromatic heterocycles. The van der Waals surface area contributed by atoms with Gasteiger partial charge in [0, 0.05) is 25.1 Å². The number of hydrogen-bond acceptors (Lipinski definition) is 4. The molecule has 2 amide bonds. The van der Waals surface area contributed by atoms with Crippen molar-refractivity contribution in [3.63, 3.8) is 0 Å². The summed E-state index contributed by atoms with van der Waals surface area (Å²) < 4.78 is 5.84. The molecule has 0 aliphatic rings. The van der Waals surface area contributed by atoms with Crippen molar-refractivity contribution >= 4 is 45.1 Å². The number of nitrogens with zero attached hydrogens (tertiary/aromatic N) is 1. The SMILES string of the molecule is COc1ccc(C(=O)NC(=S)N(CCC(N)=O)CCc2ccccc2)cc1Br. The number of halogens is 1. The van der Waals surface area contributed by atoms with Gasteiger partial charge in [0.2, 0.25) is 5.91 Å². The van der Waals surface area contributed by atoms with Crippen LogP contribution in [-0.4, -0.2) is 42.0 Å². The minimum Gasteiger partial charge on any atom is -0.496 e. The predicted octanol–water partition coefficient (Wildman–Crippen LogP) is 2.89. The molecule has 0 atom stereocenters. The van der Waals surface area contributed by atoms with Crippen molar-refractivity contribution in [3.8, 4) is 5.75 Å². The standard InChI is InChI=1S/C20H22BrN3O3S/c1-27-17-8-7-15(13-16(17)21)19(26)23-20(28)24(12-10-18(22)25)11-9-14-5-3-2-4-6-14/h2-8,13H,9-12H2,1H3,(H2,22,25)(H,23,26,28). The Kier molecular flexibility index (Phi) is 8.41. The van der Waals surface area contributed by atoms with E-state index in [2.05, 4.69) is 21.2 Å². The van der Waals surface area contributed by atoms with Crippen LogP contribution in [0.3, 0.4) is 0 Å². The zero-order valence-electron chi connectivity index (χ0n) is 15.5. The first kappa shape index (κ1) is 21.8. The molecule has 0 aliphatic carbocycles. The number of methoxy groups -OCH3 is 1. The zero-order valence-corrected chi connectivity index (χ0v) is 17.9. The van der Waals surface area contributed by atoms with Gasteiger partial charge in [0.1, 0.15) is 5.75 Å². The van der Waals surface area contributed by atoms with Crippen LogP contribution in [0.1, 0.15) is 22.3 Å². The lowest BCUT2D eigenvalue weighted by molar-refractivity contribution is -0.118. The molecule has 0 radical (unpaired) electrons. The van der Waals surface area contributed by atoms with E-state index in [1.165, 1.54) is 0 Å². The van der Waals surface area contributed by atoms with Crippen molar-refractivity contribution in [2.45, 2.75) is 12.8 Å². The Balaban J connectivity index is 2.04. The van der Waals surface area contributed by atoms with Gasteiger partial charge in [-0.1, -0.05) is 30.3 Å². The second-order valence-electron chi connectivity index (χ2n) is 6.05. The van der Waals surface area contributed by atoms with Crippen molar-refractivity contribution in [3.05, 3.63) is 64.1 Å². The van der Waals surface area contributed by atoms with Gasteiger partial charge in [-0.05, 0) is 58.3 Å². The third kappa shape index (κ3) is 6.61. The van der Waals surface area contributed by atoms with Crippen LogP contribution >= 0.6 is 28.1 Å². The number of primary amides is 1. The van der Waals surface area contributed by atoms with Crippen LogP contribution in [0.2, 0.25) is 0 Å². The van der Waals surface area contributed by atoms with Crippen LogP contribution < -0.4 is 15.8 Å². The Hall–Kier alpha value is -2.45. The molecule has 3 N–H and O–H groups in total. The number of benzene rings is 2. The highest BCUT2D eigenvalue weighted by atomic mass is 79.9. The van der Waals surface area contributed by atoms with Crippen molar-refractivity contribution < 1.29 is 14.3 Å². The Morgan fingerprint density at radius 1 is 1.18 bits per heavy atom. The maximum absolute atomic E-state index is 12.5. The average molecular weight is 464 g/mol. The Morgan fingerprint density at radius 2 is 1.89 bits per heavy atom. The summed E-state index contributed by atoms with van der Waals surface area (Å²) in [6.45, 7) is 0.899. The molecular weight excluding hydrogens is 442 g/mol. The van der Waals surface area contributed by atoms with Crippen molar-refractivity contribution in [2.75, 3.05) is 20.2 Å². The summed E-state index contributed by atoms with van der Waals surface area (Å²) in [5.41, 5.74) is 6.85. The van der Waals surface area contributed by atoms with Crippen LogP contribution in [0.4, 0.5) is 0 Å². The number of thiocarbonyl (C=S) groups is 1. The number of carbonyl (C=O) groups excluding carboxylic acids is 2. The van der Waals surface area contributed by atoms with Gasteiger partial charge in [0.05, 0.1) is 11.6 Å². The van der Waals surface area contributed by atoms with E-state index in [0.29, 0.717) is 28.9 Å². The van der Waals surface area contributed by atoms with Gasteiger partial charge in [-0.15, -0.1) is 0 Å². The van der Waals surface area contributed by atoms with Crippen molar-refractivity contribution in [1.82, 2.24) is 10.2 Å². The highest BCUT2D eigenvalue weighted by Crippen LogP contribution is 2.25. The molecule has 0 heterocycles. The summed E-state index contributed by atoms with van der Waals surface area (Å²) in [5.74, 6) is -0.125. The van der Waals surface area contributed by atoms with E-state index in [9.17, 15) is 9.59 Å².